The van der Waals surface area contributed by atoms with Crippen LogP contribution in [0.3, 0.4) is 0 Å². The highest BCUT2D eigenvalue weighted by Crippen LogP contribution is 2.12. The quantitative estimate of drug-likeness (QED) is 0.805. The van der Waals surface area contributed by atoms with E-state index in [-0.39, 0.29) is 11.9 Å². The van der Waals surface area contributed by atoms with Crippen molar-refractivity contribution in [2.75, 3.05) is 19.6 Å². The third kappa shape index (κ3) is 5.68. The van der Waals surface area contributed by atoms with Crippen LogP contribution in [0.4, 0.5) is 0 Å². The largest absolute Gasteiger partial charge is 0.352 e. The van der Waals surface area contributed by atoms with Gasteiger partial charge in [-0.2, -0.15) is 0 Å². The number of piperidine rings is 1. The fourth-order valence-electron chi connectivity index (χ4n) is 3.50. The number of hydrogen-bond donors (Lipinski definition) is 2. The van der Waals surface area contributed by atoms with E-state index in [1.165, 1.54) is 5.56 Å². The second kappa shape index (κ2) is 9.51. The summed E-state index contributed by atoms with van der Waals surface area (Å²) in [6, 6.07) is 20.3. The molecule has 0 bridgehead atoms. The molecule has 1 heterocycles. The minimum atomic E-state index is -0.478. The molecule has 2 aromatic rings. The minimum absolute atomic E-state index is 0.0309. The van der Waals surface area contributed by atoms with Gasteiger partial charge in [0.1, 0.15) is 0 Å². The zero-order valence-electron chi connectivity index (χ0n) is 15.3. The van der Waals surface area contributed by atoms with Gasteiger partial charge >= 0.3 is 0 Å². The molecule has 1 atom stereocenters. The molecule has 4 heteroatoms. The number of carbonyl (C=O) groups excluding carboxylic acids is 1. The Labute approximate surface area is 156 Å². The highest BCUT2D eigenvalue weighted by Gasteiger charge is 2.23. The monoisotopic (exact) mass is 351 g/mol. The highest BCUT2D eigenvalue weighted by molar-refractivity contribution is 5.82. The lowest BCUT2D eigenvalue weighted by molar-refractivity contribution is -0.123. The summed E-state index contributed by atoms with van der Waals surface area (Å²) in [7, 11) is 0. The van der Waals surface area contributed by atoms with E-state index in [0.29, 0.717) is 6.42 Å². The van der Waals surface area contributed by atoms with Gasteiger partial charge in [0, 0.05) is 25.7 Å². The molecule has 1 amide bonds. The van der Waals surface area contributed by atoms with Crippen LogP contribution in [0.25, 0.3) is 0 Å². The number of benzene rings is 2. The third-order valence-electron chi connectivity index (χ3n) is 5.13. The molecule has 0 spiro atoms. The van der Waals surface area contributed by atoms with E-state index in [0.717, 1.165) is 44.5 Å². The maximum absolute atomic E-state index is 12.4. The molecule has 4 nitrogen and oxygen atoms in total. The lowest BCUT2D eigenvalue weighted by Gasteiger charge is -2.32. The first kappa shape index (κ1) is 18.6. The van der Waals surface area contributed by atoms with E-state index in [1.807, 2.05) is 30.3 Å². The van der Waals surface area contributed by atoms with Gasteiger partial charge in [0.2, 0.25) is 5.91 Å². The van der Waals surface area contributed by atoms with Gasteiger partial charge < -0.3 is 16.0 Å². The maximum atomic E-state index is 12.4. The van der Waals surface area contributed by atoms with Gasteiger partial charge in [-0.25, -0.2) is 0 Å². The van der Waals surface area contributed by atoms with Crippen LogP contribution in [0.15, 0.2) is 60.7 Å². The van der Waals surface area contributed by atoms with Crippen molar-refractivity contribution in [2.24, 2.45) is 5.73 Å². The van der Waals surface area contributed by atoms with Crippen LogP contribution in [0.1, 0.15) is 24.0 Å². The predicted molar refractivity (Wildman–Crippen MR) is 106 cm³/mol. The summed E-state index contributed by atoms with van der Waals surface area (Å²) in [6.45, 7) is 3.15. The normalized spacial score (nSPS) is 17.0. The van der Waals surface area contributed by atoms with E-state index >= 15 is 0 Å². The summed E-state index contributed by atoms with van der Waals surface area (Å²) < 4.78 is 0. The summed E-state index contributed by atoms with van der Waals surface area (Å²) in [5.74, 6) is -0.0309. The summed E-state index contributed by atoms with van der Waals surface area (Å²) in [4.78, 5) is 14.8. The zero-order chi connectivity index (χ0) is 18.2. The van der Waals surface area contributed by atoms with Crippen molar-refractivity contribution in [3.05, 3.63) is 71.8 Å². The molecular weight excluding hydrogens is 322 g/mol. The molecule has 0 aromatic heterocycles. The van der Waals surface area contributed by atoms with Crippen LogP contribution in [0.2, 0.25) is 0 Å². The van der Waals surface area contributed by atoms with Crippen molar-refractivity contribution in [1.82, 2.24) is 10.2 Å². The first-order valence-corrected chi connectivity index (χ1v) is 9.57. The van der Waals surface area contributed by atoms with Crippen LogP contribution in [-0.2, 0) is 17.6 Å². The summed E-state index contributed by atoms with van der Waals surface area (Å²) in [6.07, 6.45) is 3.67. The van der Waals surface area contributed by atoms with Crippen LogP contribution in [0, 0.1) is 0 Å². The standard InChI is InChI=1S/C22H29N3O/c23-21(17-19-9-5-2-6-10-19)22(26)24-20-12-15-25(16-13-20)14-11-18-7-3-1-4-8-18/h1-10,20-21H,11-17,23H2,(H,24,26). The van der Waals surface area contributed by atoms with Crippen molar-refractivity contribution in [2.45, 2.75) is 37.8 Å². The first-order chi connectivity index (χ1) is 12.7. The Morgan fingerprint density at radius 3 is 2.19 bits per heavy atom. The Kier molecular flexibility index (Phi) is 6.81. The maximum Gasteiger partial charge on any atom is 0.237 e. The molecule has 3 N–H and O–H groups in total. The molecule has 1 aliphatic heterocycles. The van der Waals surface area contributed by atoms with Gasteiger partial charge in [-0.05, 0) is 36.8 Å². The Morgan fingerprint density at radius 2 is 1.58 bits per heavy atom. The molecule has 1 aliphatic rings. The van der Waals surface area contributed by atoms with Crippen LogP contribution in [0.5, 0.6) is 0 Å². The fourth-order valence-corrected chi connectivity index (χ4v) is 3.50. The minimum Gasteiger partial charge on any atom is -0.352 e. The number of carbonyl (C=O) groups is 1. The number of nitrogens with one attached hydrogen (secondary N) is 1. The van der Waals surface area contributed by atoms with E-state index in [2.05, 4.69) is 40.5 Å². The Morgan fingerprint density at radius 1 is 1.00 bits per heavy atom. The Balaban J connectivity index is 1.37. The van der Waals surface area contributed by atoms with Gasteiger partial charge in [-0.15, -0.1) is 0 Å². The smallest absolute Gasteiger partial charge is 0.237 e. The second-order valence-electron chi connectivity index (χ2n) is 7.16. The molecule has 1 saturated heterocycles. The van der Waals surface area contributed by atoms with Crippen LogP contribution >= 0.6 is 0 Å². The first-order valence-electron chi connectivity index (χ1n) is 9.57. The fraction of sp³-hybridized carbons (Fsp3) is 0.409. The van der Waals surface area contributed by atoms with Gasteiger partial charge in [0.15, 0.2) is 0 Å². The van der Waals surface area contributed by atoms with Crippen LogP contribution < -0.4 is 11.1 Å². The molecule has 0 saturated carbocycles. The number of likely N-dealkylation sites (tertiary alicyclic amines) is 1. The Bertz CT molecular complexity index is 666. The number of amides is 1. The molecule has 1 unspecified atom stereocenters. The predicted octanol–water partition coefficient (Wildman–Crippen LogP) is 2.38. The van der Waals surface area contributed by atoms with Gasteiger partial charge in [0.05, 0.1) is 6.04 Å². The SMILES string of the molecule is NC(Cc1ccccc1)C(=O)NC1CCN(CCc2ccccc2)CC1. The molecule has 3 rings (SSSR count). The van der Waals surface area contributed by atoms with Crippen molar-refractivity contribution >= 4 is 5.91 Å². The summed E-state index contributed by atoms with van der Waals surface area (Å²) >= 11 is 0. The number of nitrogens with two attached hydrogens (primary N) is 1. The summed E-state index contributed by atoms with van der Waals surface area (Å²) in [5.41, 5.74) is 8.57. The van der Waals surface area contributed by atoms with E-state index < -0.39 is 6.04 Å². The molecule has 1 fully saturated rings. The van der Waals surface area contributed by atoms with Crippen molar-refractivity contribution in [3.63, 3.8) is 0 Å². The third-order valence-corrected chi connectivity index (χ3v) is 5.13. The van der Waals surface area contributed by atoms with Gasteiger partial charge in [-0.1, -0.05) is 60.7 Å². The number of nitrogens with zero attached hydrogens (tertiary/aromatic N) is 1. The molecule has 26 heavy (non-hydrogen) atoms. The van der Waals surface area contributed by atoms with Crippen molar-refractivity contribution in [3.8, 4) is 0 Å². The van der Waals surface area contributed by atoms with Crippen molar-refractivity contribution < 1.29 is 4.79 Å². The lowest BCUT2D eigenvalue weighted by Crippen LogP contribution is -2.50. The summed E-state index contributed by atoms with van der Waals surface area (Å²) in [5, 5.41) is 3.14. The average Bonchev–Trinajstić information content (AvgIpc) is 2.69. The van der Waals surface area contributed by atoms with E-state index in [1.54, 1.807) is 0 Å². The topological polar surface area (TPSA) is 58.4 Å². The number of rotatable bonds is 7. The molecule has 138 valence electrons. The average molecular weight is 351 g/mol. The molecule has 0 radical (unpaired) electrons. The molecular formula is C22H29N3O. The van der Waals surface area contributed by atoms with Crippen LogP contribution in [-0.4, -0.2) is 42.5 Å². The van der Waals surface area contributed by atoms with E-state index in [9.17, 15) is 4.79 Å². The van der Waals surface area contributed by atoms with E-state index in [4.69, 9.17) is 5.73 Å². The highest BCUT2D eigenvalue weighted by atomic mass is 16.2. The lowest BCUT2D eigenvalue weighted by atomic mass is 10.0. The molecule has 2 aromatic carbocycles. The van der Waals surface area contributed by atoms with Gasteiger partial charge in [-0.3, -0.25) is 4.79 Å². The molecule has 0 aliphatic carbocycles. The zero-order valence-corrected chi connectivity index (χ0v) is 15.3. The van der Waals surface area contributed by atoms with Gasteiger partial charge in [0.25, 0.3) is 0 Å². The number of hydrogen-bond acceptors (Lipinski definition) is 3. The Hall–Kier alpha value is -2.17. The van der Waals surface area contributed by atoms with Crippen molar-refractivity contribution in [1.29, 1.82) is 0 Å². The second-order valence-corrected chi connectivity index (χ2v) is 7.16.